The van der Waals surface area contributed by atoms with Crippen LogP contribution in [0.2, 0.25) is 5.02 Å². The number of hydrogen-bond donors (Lipinski definition) is 1. The van der Waals surface area contributed by atoms with Crippen molar-refractivity contribution in [2.75, 3.05) is 10.2 Å². The Morgan fingerprint density at radius 2 is 1.66 bits per heavy atom. The van der Waals surface area contributed by atoms with Crippen molar-refractivity contribution in [1.29, 1.82) is 0 Å². The lowest BCUT2D eigenvalue weighted by molar-refractivity contribution is -0.120. The molecular formula is C25H19ClF2N2O2. The molecule has 3 aromatic rings. The predicted octanol–water partition coefficient (Wildman–Crippen LogP) is 5.94. The van der Waals surface area contributed by atoms with Gasteiger partial charge >= 0.3 is 0 Å². The Morgan fingerprint density at radius 3 is 2.38 bits per heavy atom. The molecule has 4 nitrogen and oxygen atoms in total. The van der Waals surface area contributed by atoms with Gasteiger partial charge in [0.1, 0.15) is 17.3 Å². The molecule has 4 rings (SSSR count). The normalized spacial score (nSPS) is 13.9. The number of aryl methyl sites for hydroxylation is 2. The van der Waals surface area contributed by atoms with Gasteiger partial charge in [0, 0.05) is 16.8 Å². The average Bonchev–Trinajstić information content (AvgIpc) is 2.97. The summed E-state index contributed by atoms with van der Waals surface area (Å²) >= 11 is 6.21. The van der Waals surface area contributed by atoms with Gasteiger partial charge in [0.15, 0.2) is 0 Å². The molecule has 0 aliphatic carbocycles. The lowest BCUT2D eigenvalue weighted by atomic mass is 9.97. The maximum Gasteiger partial charge on any atom is 0.282 e. The molecule has 1 heterocycles. The summed E-state index contributed by atoms with van der Waals surface area (Å²) < 4.78 is 28.4. The van der Waals surface area contributed by atoms with E-state index in [0.717, 1.165) is 29.3 Å². The van der Waals surface area contributed by atoms with Gasteiger partial charge in [0.2, 0.25) is 0 Å². The molecule has 1 N–H and O–H groups in total. The summed E-state index contributed by atoms with van der Waals surface area (Å²) in [5.74, 6) is -3.17. The second-order valence-corrected chi connectivity index (χ2v) is 8.05. The van der Waals surface area contributed by atoms with E-state index < -0.39 is 29.1 Å². The quantitative estimate of drug-likeness (QED) is 0.498. The molecule has 1 aliphatic heterocycles. The van der Waals surface area contributed by atoms with Gasteiger partial charge in [-0.05, 0) is 61.7 Å². The highest BCUT2D eigenvalue weighted by atomic mass is 35.5. The van der Waals surface area contributed by atoms with Gasteiger partial charge < -0.3 is 5.32 Å². The molecule has 162 valence electrons. The first kappa shape index (κ1) is 21.7. The van der Waals surface area contributed by atoms with Crippen LogP contribution in [0.25, 0.3) is 5.57 Å². The Hall–Kier alpha value is -3.51. The smallest absolute Gasteiger partial charge is 0.282 e. The van der Waals surface area contributed by atoms with E-state index in [-0.39, 0.29) is 11.3 Å². The standard InChI is InChI=1S/C25H19ClF2N2O2/c1-13-7-9-17(14(2)11-13)22-23(29-20-6-4-5-18(26)15(20)3)25(32)30(24(22)31)21-12-16(27)8-10-19(21)28/h4-12,29H,1-3H3. The first-order valence-corrected chi connectivity index (χ1v) is 10.2. The number of hydrogen-bond acceptors (Lipinski definition) is 3. The van der Waals surface area contributed by atoms with Gasteiger partial charge in [-0.1, -0.05) is 41.4 Å². The van der Waals surface area contributed by atoms with Crippen LogP contribution in [0.5, 0.6) is 0 Å². The van der Waals surface area contributed by atoms with Gasteiger partial charge in [-0.25, -0.2) is 13.7 Å². The van der Waals surface area contributed by atoms with Gasteiger partial charge in [0.05, 0.1) is 11.3 Å². The molecule has 0 unspecified atom stereocenters. The SMILES string of the molecule is Cc1ccc(C2=C(Nc3cccc(Cl)c3C)C(=O)N(c3cc(F)ccc3F)C2=O)c(C)c1. The molecule has 7 heteroatoms. The molecule has 0 aromatic heterocycles. The lowest BCUT2D eigenvalue weighted by Gasteiger charge is -2.16. The Labute approximate surface area is 189 Å². The fraction of sp³-hybridized carbons (Fsp3) is 0.120. The van der Waals surface area contributed by atoms with Crippen LogP contribution in [0, 0.1) is 32.4 Å². The molecule has 0 fully saturated rings. The van der Waals surface area contributed by atoms with E-state index in [1.165, 1.54) is 0 Å². The Balaban J connectivity index is 1.92. The fourth-order valence-electron chi connectivity index (χ4n) is 3.74. The van der Waals surface area contributed by atoms with Gasteiger partial charge in [-0.2, -0.15) is 0 Å². The summed E-state index contributed by atoms with van der Waals surface area (Å²) in [5.41, 5.74) is 3.08. The van der Waals surface area contributed by atoms with E-state index in [4.69, 9.17) is 11.6 Å². The highest BCUT2D eigenvalue weighted by molar-refractivity contribution is 6.46. The third-order valence-corrected chi connectivity index (χ3v) is 5.82. The number of rotatable bonds is 4. The second-order valence-electron chi connectivity index (χ2n) is 7.65. The van der Waals surface area contributed by atoms with Crippen LogP contribution >= 0.6 is 11.6 Å². The summed E-state index contributed by atoms with van der Waals surface area (Å²) in [7, 11) is 0. The number of amides is 2. The minimum atomic E-state index is -0.881. The number of nitrogens with one attached hydrogen (secondary N) is 1. The summed E-state index contributed by atoms with van der Waals surface area (Å²) in [6.45, 7) is 5.50. The van der Waals surface area contributed by atoms with Crippen molar-refractivity contribution in [3.63, 3.8) is 0 Å². The van der Waals surface area contributed by atoms with Crippen LogP contribution < -0.4 is 10.2 Å². The van der Waals surface area contributed by atoms with Crippen molar-refractivity contribution < 1.29 is 18.4 Å². The van der Waals surface area contributed by atoms with Gasteiger partial charge in [-0.3, -0.25) is 9.59 Å². The minimum absolute atomic E-state index is 0.0315. The van der Waals surface area contributed by atoms with E-state index in [9.17, 15) is 18.4 Å². The van der Waals surface area contributed by atoms with E-state index in [1.54, 1.807) is 31.2 Å². The van der Waals surface area contributed by atoms with Crippen molar-refractivity contribution in [3.05, 3.63) is 99.2 Å². The third kappa shape index (κ3) is 3.67. The average molecular weight is 453 g/mol. The van der Waals surface area contributed by atoms with Crippen LogP contribution in [0.3, 0.4) is 0 Å². The third-order valence-electron chi connectivity index (χ3n) is 5.41. The van der Waals surface area contributed by atoms with Crippen LogP contribution in [0.15, 0.2) is 60.3 Å². The summed E-state index contributed by atoms with van der Waals surface area (Å²) in [5, 5.41) is 3.50. The van der Waals surface area contributed by atoms with Crippen molar-refractivity contribution in [2.24, 2.45) is 0 Å². The molecule has 0 saturated heterocycles. The van der Waals surface area contributed by atoms with Crippen LogP contribution in [-0.4, -0.2) is 11.8 Å². The molecule has 0 radical (unpaired) electrons. The van der Waals surface area contributed by atoms with Gasteiger partial charge in [0.25, 0.3) is 11.8 Å². The Bertz CT molecular complexity index is 1320. The highest BCUT2D eigenvalue weighted by Gasteiger charge is 2.42. The molecule has 32 heavy (non-hydrogen) atoms. The largest absolute Gasteiger partial charge is 0.350 e. The molecular weight excluding hydrogens is 434 g/mol. The van der Waals surface area contributed by atoms with Crippen molar-refractivity contribution >= 4 is 40.4 Å². The number of halogens is 3. The first-order chi connectivity index (χ1) is 15.2. The topological polar surface area (TPSA) is 49.4 Å². The zero-order valence-electron chi connectivity index (χ0n) is 17.6. The number of nitrogens with zero attached hydrogens (tertiary/aromatic N) is 1. The molecule has 0 saturated carbocycles. The monoisotopic (exact) mass is 452 g/mol. The zero-order valence-corrected chi connectivity index (χ0v) is 18.3. The van der Waals surface area contributed by atoms with Crippen LogP contribution in [0.4, 0.5) is 20.2 Å². The van der Waals surface area contributed by atoms with Crippen molar-refractivity contribution in [2.45, 2.75) is 20.8 Å². The lowest BCUT2D eigenvalue weighted by Crippen LogP contribution is -2.33. The number of carbonyl (C=O) groups is 2. The molecule has 0 bridgehead atoms. The summed E-state index contributed by atoms with van der Waals surface area (Å²) in [4.78, 5) is 27.5. The first-order valence-electron chi connectivity index (χ1n) is 9.87. The molecule has 3 aromatic carbocycles. The fourth-order valence-corrected chi connectivity index (χ4v) is 3.92. The maximum absolute atomic E-state index is 14.5. The van der Waals surface area contributed by atoms with E-state index in [2.05, 4.69) is 5.32 Å². The summed E-state index contributed by atoms with van der Waals surface area (Å²) in [6.07, 6.45) is 0. The number of benzene rings is 3. The predicted molar refractivity (Wildman–Crippen MR) is 121 cm³/mol. The van der Waals surface area contributed by atoms with E-state index in [1.807, 2.05) is 26.0 Å². The number of anilines is 2. The molecule has 1 aliphatic rings. The van der Waals surface area contributed by atoms with E-state index >= 15 is 0 Å². The second kappa shape index (κ2) is 8.20. The van der Waals surface area contributed by atoms with E-state index in [0.29, 0.717) is 26.7 Å². The zero-order chi connectivity index (χ0) is 23.2. The van der Waals surface area contributed by atoms with Crippen molar-refractivity contribution in [1.82, 2.24) is 0 Å². The van der Waals surface area contributed by atoms with Crippen molar-refractivity contribution in [3.8, 4) is 0 Å². The minimum Gasteiger partial charge on any atom is -0.350 e. The molecule has 2 amide bonds. The van der Waals surface area contributed by atoms with Gasteiger partial charge in [-0.15, -0.1) is 0 Å². The number of carbonyl (C=O) groups excluding carboxylic acids is 2. The number of imide groups is 1. The summed E-state index contributed by atoms with van der Waals surface area (Å²) in [6, 6.07) is 13.2. The molecule has 0 spiro atoms. The Kier molecular flexibility index (Phi) is 5.57. The maximum atomic E-state index is 14.5. The van der Waals surface area contributed by atoms with Crippen LogP contribution in [-0.2, 0) is 9.59 Å². The Morgan fingerprint density at radius 1 is 0.906 bits per heavy atom. The van der Waals surface area contributed by atoms with Crippen LogP contribution in [0.1, 0.15) is 22.3 Å². The highest BCUT2D eigenvalue weighted by Crippen LogP contribution is 2.37. The molecule has 0 atom stereocenters.